The fourth-order valence-electron chi connectivity index (χ4n) is 1.69. The van der Waals surface area contributed by atoms with Crippen molar-refractivity contribution in [2.45, 2.75) is 0 Å². The van der Waals surface area contributed by atoms with Crippen LogP contribution in [-0.2, 0) is 0 Å². The number of pyridine rings is 1. The number of nitrogen functional groups attached to an aromatic ring is 1. The molecule has 0 aliphatic heterocycles. The van der Waals surface area contributed by atoms with Crippen LogP contribution in [0.25, 0.3) is 22.8 Å². The van der Waals surface area contributed by atoms with E-state index < -0.39 is 11.6 Å². The standard InChI is InChI=1S/C13H8F2N4O/c14-9-4-8(11(16)5-10(9)15)13-18-12(19-20-13)7-2-1-3-17-6-7/h1-6H,16H2. The Labute approximate surface area is 112 Å². The van der Waals surface area contributed by atoms with Gasteiger partial charge in [0.05, 0.1) is 5.56 Å². The van der Waals surface area contributed by atoms with Gasteiger partial charge in [-0.3, -0.25) is 4.98 Å². The Hall–Kier alpha value is -2.83. The Bertz CT molecular complexity index is 758. The summed E-state index contributed by atoms with van der Waals surface area (Å²) in [5.41, 5.74) is 6.43. The molecule has 0 aliphatic rings. The number of hydrogen-bond acceptors (Lipinski definition) is 5. The fraction of sp³-hybridized carbons (Fsp3) is 0. The normalized spacial score (nSPS) is 10.7. The molecule has 0 bridgehead atoms. The van der Waals surface area contributed by atoms with Gasteiger partial charge in [-0.25, -0.2) is 8.78 Å². The summed E-state index contributed by atoms with van der Waals surface area (Å²) in [6, 6.07) is 5.26. The highest BCUT2D eigenvalue weighted by Gasteiger charge is 2.16. The van der Waals surface area contributed by atoms with E-state index in [1.807, 2.05) is 0 Å². The molecule has 7 heteroatoms. The van der Waals surface area contributed by atoms with Gasteiger partial charge in [-0.1, -0.05) is 5.16 Å². The second-order valence-corrected chi connectivity index (χ2v) is 4.02. The summed E-state index contributed by atoms with van der Waals surface area (Å²) in [6.07, 6.45) is 3.17. The van der Waals surface area contributed by atoms with Crippen LogP contribution in [0, 0.1) is 11.6 Å². The van der Waals surface area contributed by atoms with Crippen molar-refractivity contribution in [3.05, 3.63) is 48.3 Å². The summed E-state index contributed by atoms with van der Waals surface area (Å²) < 4.78 is 31.3. The van der Waals surface area contributed by atoms with Gasteiger partial charge >= 0.3 is 0 Å². The molecule has 3 rings (SSSR count). The van der Waals surface area contributed by atoms with Gasteiger partial charge in [0, 0.05) is 29.7 Å². The number of anilines is 1. The van der Waals surface area contributed by atoms with Crippen molar-refractivity contribution in [3.8, 4) is 22.8 Å². The Morgan fingerprint density at radius 3 is 2.70 bits per heavy atom. The number of nitrogens with two attached hydrogens (primary N) is 1. The number of benzene rings is 1. The van der Waals surface area contributed by atoms with Crippen LogP contribution in [0.15, 0.2) is 41.2 Å². The van der Waals surface area contributed by atoms with Gasteiger partial charge in [0.25, 0.3) is 5.89 Å². The van der Waals surface area contributed by atoms with E-state index >= 15 is 0 Å². The lowest BCUT2D eigenvalue weighted by molar-refractivity contribution is 0.431. The zero-order valence-electron chi connectivity index (χ0n) is 10.0. The highest BCUT2D eigenvalue weighted by atomic mass is 19.2. The molecular formula is C13H8F2N4O. The van der Waals surface area contributed by atoms with Gasteiger partial charge < -0.3 is 10.3 Å². The Morgan fingerprint density at radius 2 is 1.95 bits per heavy atom. The average molecular weight is 274 g/mol. The summed E-state index contributed by atoms with van der Waals surface area (Å²) in [5.74, 6) is -1.76. The van der Waals surface area contributed by atoms with Crippen molar-refractivity contribution in [1.29, 1.82) is 0 Å². The monoisotopic (exact) mass is 274 g/mol. The van der Waals surface area contributed by atoms with Gasteiger partial charge in [-0.2, -0.15) is 4.98 Å². The van der Waals surface area contributed by atoms with Crippen molar-refractivity contribution in [1.82, 2.24) is 15.1 Å². The van der Waals surface area contributed by atoms with Crippen molar-refractivity contribution < 1.29 is 13.3 Å². The molecule has 0 fully saturated rings. The van der Waals surface area contributed by atoms with Crippen LogP contribution in [-0.4, -0.2) is 15.1 Å². The van der Waals surface area contributed by atoms with Gasteiger partial charge in [0.2, 0.25) is 5.82 Å². The summed E-state index contributed by atoms with van der Waals surface area (Å²) in [7, 11) is 0. The molecule has 0 saturated carbocycles. The lowest BCUT2D eigenvalue weighted by Gasteiger charge is -2.01. The molecule has 3 aromatic rings. The maximum Gasteiger partial charge on any atom is 0.260 e. The molecule has 5 nitrogen and oxygen atoms in total. The summed E-state index contributed by atoms with van der Waals surface area (Å²) in [5, 5.41) is 3.76. The van der Waals surface area contributed by atoms with Crippen LogP contribution in [0.5, 0.6) is 0 Å². The molecule has 100 valence electrons. The number of hydrogen-bond donors (Lipinski definition) is 1. The molecule has 1 aromatic carbocycles. The molecule has 2 heterocycles. The third-order valence-electron chi connectivity index (χ3n) is 2.67. The van der Waals surface area contributed by atoms with E-state index in [1.165, 1.54) is 0 Å². The molecule has 0 atom stereocenters. The molecule has 2 aromatic heterocycles. The average Bonchev–Trinajstić information content (AvgIpc) is 2.93. The number of rotatable bonds is 2. The minimum atomic E-state index is -1.03. The first-order valence-electron chi connectivity index (χ1n) is 5.64. The van der Waals surface area contributed by atoms with Crippen molar-refractivity contribution >= 4 is 5.69 Å². The maximum atomic E-state index is 13.2. The number of nitrogens with zero attached hydrogens (tertiary/aromatic N) is 3. The summed E-state index contributed by atoms with van der Waals surface area (Å²) in [6.45, 7) is 0. The molecule has 0 radical (unpaired) electrons. The maximum absolute atomic E-state index is 13.2. The molecule has 0 unspecified atom stereocenters. The van der Waals surface area contributed by atoms with Crippen LogP contribution in [0.3, 0.4) is 0 Å². The lowest BCUT2D eigenvalue weighted by atomic mass is 10.1. The molecular weight excluding hydrogens is 266 g/mol. The third kappa shape index (κ3) is 2.09. The highest BCUT2D eigenvalue weighted by molar-refractivity contribution is 5.71. The molecule has 0 saturated heterocycles. The van der Waals surface area contributed by atoms with E-state index in [4.69, 9.17) is 10.3 Å². The van der Waals surface area contributed by atoms with E-state index in [-0.39, 0.29) is 23.0 Å². The smallest absolute Gasteiger partial charge is 0.260 e. The van der Waals surface area contributed by atoms with Crippen LogP contribution in [0.2, 0.25) is 0 Å². The first kappa shape index (κ1) is 12.2. The fourth-order valence-corrected chi connectivity index (χ4v) is 1.69. The Balaban J connectivity index is 2.05. The van der Waals surface area contributed by atoms with Gasteiger partial charge in [-0.15, -0.1) is 0 Å². The Morgan fingerprint density at radius 1 is 1.15 bits per heavy atom. The minimum absolute atomic E-state index is 0.0141. The summed E-state index contributed by atoms with van der Waals surface area (Å²) in [4.78, 5) is 8.03. The van der Waals surface area contributed by atoms with Crippen LogP contribution in [0.1, 0.15) is 0 Å². The van der Waals surface area contributed by atoms with E-state index in [0.717, 1.165) is 12.1 Å². The first-order valence-corrected chi connectivity index (χ1v) is 5.64. The minimum Gasteiger partial charge on any atom is -0.398 e. The van der Waals surface area contributed by atoms with E-state index in [9.17, 15) is 8.78 Å². The molecule has 2 N–H and O–H groups in total. The lowest BCUT2D eigenvalue weighted by Crippen LogP contribution is -1.94. The van der Waals surface area contributed by atoms with Crippen LogP contribution < -0.4 is 5.73 Å². The quantitative estimate of drug-likeness (QED) is 0.727. The predicted molar refractivity (Wildman–Crippen MR) is 67.3 cm³/mol. The molecule has 0 aliphatic carbocycles. The number of halogens is 2. The van der Waals surface area contributed by atoms with Crippen LogP contribution >= 0.6 is 0 Å². The highest BCUT2D eigenvalue weighted by Crippen LogP contribution is 2.28. The van der Waals surface area contributed by atoms with E-state index in [1.54, 1.807) is 24.5 Å². The van der Waals surface area contributed by atoms with Crippen LogP contribution in [0.4, 0.5) is 14.5 Å². The van der Waals surface area contributed by atoms with E-state index in [2.05, 4.69) is 15.1 Å². The molecule has 0 amide bonds. The number of aromatic nitrogens is 3. The second kappa shape index (κ2) is 4.69. The van der Waals surface area contributed by atoms with Gasteiger partial charge in [0.1, 0.15) is 0 Å². The van der Waals surface area contributed by atoms with Crippen molar-refractivity contribution in [2.24, 2.45) is 0 Å². The van der Waals surface area contributed by atoms with Crippen molar-refractivity contribution in [3.63, 3.8) is 0 Å². The topological polar surface area (TPSA) is 77.8 Å². The van der Waals surface area contributed by atoms with Crippen molar-refractivity contribution in [2.75, 3.05) is 5.73 Å². The Kier molecular flexibility index (Phi) is 2.86. The van der Waals surface area contributed by atoms with Gasteiger partial charge in [-0.05, 0) is 18.2 Å². The summed E-state index contributed by atoms with van der Waals surface area (Å²) >= 11 is 0. The predicted octanol–water partition coefficient (Wildman–Crippen LogP) is 2.66. The third-order valence-corrected chi connectivity index (χ3v) is 2.67. The first-order chi connectivity index (χ1) is 9.65. The van der Waals surface area contributed by atoms with Gasteiger partial charge in [0.15, 0.2) is 11.6 Å². The molecule has 20 heavy (non-hydrogen) atoms. The van der Waals surface area contributed by atoms with E-state index in [0.29, 0.717) is 5.56 Å². The zero-order valence-corrected chi connectivity index (χ0v) is 10.0. The molecule has 0 spiro atoms. The zero-order chi connectivity index (χ0) is 14.1. The second-order valence-electron chi connectivity index (χ2n) is 4.02. The largest absolute Gasteiger partial charge is 0.398 e. The SMILES string of the molecule is Nc1cc(F)c(F)cc1-c1nc(-c2cccnc2)no1.